The Morgan fingerprint density at radius 2 is 1.86 bits per heavy atom. The first kappa shape index (κ1) is 17.1. The zero-order chi connectivity index (χ0) is 14.5. The zero-order valence-electron chi connectivity index (χ0n) is 13.5. The van der Waals surface area contributed by atoms with Crippen LogP contribution in [-0.4, -0.2) is 11.5 Å². The Morgan fingerprint density at radius 1 is 1.05 bits per heavy atom. The van der Waals surface area contributed by atoms with Gasteiger partial charge in [-0.15, -0.1) is 12.4 Å². The van der Waals surface area contributed by atoms with Gasteiger partial charge in [0.2, 0.25) is 0 Å². The Hall–Kier alpha value is -1.28. The number of para-hydroxylation sites is 1. The normalized spacial score (nSPS) is 13.5. The van der Waals surface area contributed by atoms with Crippen LogP contribution in [0.25, 0.3) is 10.9 Å². The van der Waals surface area contributed by atoms with Crippen molar-refractivity contribution < 1.29 is 0 Å². The molecule has 0 saturated carbocycles. The van der Waals surface area contributed by atoms with Crippen LogP contribution in [0.5, 0.6) is 0 Å². The molecule has 0 bridgehead atoms. The number of pyridine rings is 1. The number of unbranched alkanes of at least 4 members (excludes halogenated alkanes) is 3. The second-order valence-corrected chi connectivity index (χ2v) is 6.12. The average Bonchev–Trinajstić information content (AvgIpc) is 2.53. The molecule has 120 valence electrons. The summed E-state index contributed by atoms with van der Waals surface area (Å²) in [6, 6.07) is 8.58. The summed E-state index contributed by atoms with van der Waals surface area (Å²) in [5.41, 5.74) is 5.33. The number of rotatable bonds is 6. The van der Waals surface area contributed by atoms with Crippen LogP contribution >= 0.6 is 12.4 Å². The minimum atomic E-state index is 0. The molecule has 1 aliphatic carbocycles. The number of anilines is 1. The lowest BCUT2D eigenvalue weighted by Crippen LogP contribution is -2.12. The first-order valence-electron chi connectivity index (χ1n) is 8.54. The minimum absolute atomic E-state index is 0. The second-order valence-electron chi connectivity index (χ2n) is 6.12. The summed E-state index contributed by atoms with van der Waals surface area (Å²) in [5, 5.41) is 5.03. The standard InChI is InChI=1S/C19H26N2.ClH/c1-2-3-4-9-14-20-19-15-10-5-7-12-17(15)21-18-13-8-6-11-16(18)19;/h5,7,10,12H,2-4,6,8-9,11,13-14H2,1H3,(H,20,21);1H. The van der Waals surface area contributed by atoms with Gasteiger partial charge in [-0.1, -0.05) is 44.4 Å². The van der Waals surface area contributed by atoms with Crippen LogP contribution in [0, 0.1) is 0 Å². The predicted molar refractivity (Wildman–Crippen MR) is 98.3 cm³/mol. The number of aromatic nitrogens is 1. The number of hydrogen-bond acceptors (Lipinski definition) is 2. The molecule has 0 unspecified atom stereocenters. The molecule has 2 nitrogen and oxygen atoms in total. The predicted octanol–water partition coefficient (Wildman–Crippen LogP) is 5.53. The van der Waals surface area contributed by atoms with Crippen molar-refractivity contribution in [3.63, 3.8) is 0 Å². The summed E-state index contributed by atoms with van der Waals surface area (Å²) in [5.74, 6) is 0. The lowest BCUT2D eigenvalue weighted by Gasteiger charge is -2.21. The Kier molecular flexibility index (Phi) is 6.50. The molecule has 1 aromatic carbocycles. The van der Waals surface area contributed by atoms with Gasteiger partial charge >= 0.3 is 0 Å². The Balaban J connectivity index is 0.00000176. The molecular weight excluding hydrogens is 292 g/mol. The third-order valence-corrected chi connectivity index (χ3v) is 4.50. The van der Waals surface area contributed by atoms with Gasteiger partial charge in [0.15, 0.2) is 0 Å². The summed E-state index contributed by atoms with van der Waals surface area (Å²) >= 11 is 0. The first-order valence-corrected chi connectivity index (χ1v) is 8.54. The van der Waals surface area contributed by atoms with Gasteiger partial charge in [0.25, 0.3) is 0 Å². The van der Waals surface area contributed by atoms with Gasteiger partial charge in [-0.05, 0) is 43.7 Å². The van der Waals surface area contributed by atoms with Crippen LogP contribution in [0.4, 0.5) is 5.69 Å². The fourth-order valence-corrected chi connectivity index (χ4v) is 3.34. The SMILES string of the molecule is CCCCCCNc1c2c(nc3ccccc13)CCCC2.Cl. The lowest BCUT2D eigenvalue weighted by molar-refractivity contribution is 0.668. The summed E-state index contributed by atoms with van der Waals surface area (Å²) in [7, 11) is 0. The molecule has 1 N–H and O–H groups in total. The van der Waals surface area contributed by atoms with Gasteiger partial charge in [0, 0.05) is 23.3 Å². The van der Waals surface area contributed by atoms with Crippen LogP contribution in [0.3, 0.4) is 0 Å². The van der Waals surface area contributed by atoms with Crippen LogP contribution in [0.1, 0.15) is 56.7 Å². The molecule has 2 aromatic rings. The van der Waals surface area contributed by atoms with Crippen LogP contribution in [-0.2, 0) is 12.8 Å². The van der Waals surface area contributed by atoms with E-state index < -0.39 is 0 Å². The van der Waals surface area contributed by atoms with Crippen molar-refractivity contribution in [1.82, 2.24) is 4.98 Å². The Bertz CT molecular complexity index is 610. The van der Waals surface area contributed by atoms with Crippen molar-refractivity contribution in [1.29, 1.82) is 0 Å². The average molecular weight is 319 g/mol. The molecular formula is C19H27ClN2. The third-order valence-electron chi connectivity index (χ3n) is 4.50. The molecule has 0 radical (unpaired) electrons. The fraction of sp³-hybridized carbons (Fsp3) is 0.526. The van der Waals surface area contributed by atoms with Gasteiger partial charge in [-0.25, -0.2) is 0 Å². The monoisotopic (exact) mass is 318 g/mol. The van der Waals surface area contributed by atoms with E-state index in [0.29, 0.717) is 0 Å². The summed E-state index contributed by atoms with van der Waals surface area (Å²) in [6.45, 7) is 3.35. The van der Waals surface area contributed by atoms with Crippen molar-refractivity contribution in [2.75, 3.05) is 11.9 Å². The first-order chi connectivity index (χ1) is 10.4. The van der Waals surface area contributed by atoms with E-state index >= 15 is 0 Å². The van der Waals surface area contributed by atoms with E-state index in [1.54, 1.807) is 0 Å². The summed E-state index contributed by atoms with van der Waals surface area (Å²) in [4.78, 5) is 4.89. The second kappa shape index (κ2) is 8.38. The number of halogens is 1. The molecule has 0 spiro atoms. The van der Waals surface area contributed by atoms with Gasteiger partial charge in [-0.3, -0.25) is 4.98 Å². The number of benzene rings is 1. The van der Waals surface area contributed by atoms with E-state index in [0.717, 1.165) is 18.5 Å². The maximum Gasteiger partial charge on any atom is 0.0726 e. The molecule has 0 aliphatic heterocycles. The van der Waals surface area contributed by atoms with Crippen molar-refractivity contribution in [3.8, 4) is 0 Å². The van der Waals surface area contributed by atoms with Crippen molar-refractivity contribution in [3.05, 3.63) is 35.5 Å². The van der Waals surface area contributed by atoms with E-state index in [1.807, 2.05) is 0 Å². The van der Waals surface area contributed by atoms with E-state index in [1.165, 1.54) is 67.3 Å². The Labute approximate surface area is 140 Å². The van der Waals surface area contributed by atoms with Crippen LogP contribution < -0.4 is 5.32 Å². The fourth-order valence-electron chi connectivity index (χ4n) is 3.34. The number of hydrogen-bond donors (Lipinski definition) is 1. The third kappa shape index (κ3) is 3.73. The summed E-state index contributed by atoms with van der Waals surface area (Å²) in [6.07, 6.45) is 10.2. The van der Waals surface area contributed by atoms with Crippen molar-refractivity contribution in [2.45, 2.75) is 58.3 Å². The van der Waals surface area contributed by atoms with Gasteiger partial charge in [0.05, 0.1) is 5.52 Å². The van der Waals surface area contributed by atoms with Crippen molar-refractivity contribution in [2.24, 2.45) is 0 Å². The van der Waals surface area contributed by atoms with Gasteiger partial charge in [-0.2, -0.15) is 0 Å². The molecule has 1 aromatic heterocycles. The Morgan fingerprint density at radius 3 is 2.73 bits per heavy atom. The highest BCUT2D eigenvalue weighted by molar-refractivity contribution is 5.93. The number of nitrogens with one attached hydrogen (secondary N) is 1. The highest BCUT2D eigenvalue weighted by atomic mass is 35.5. The van der Waals surface area contributed by atoms with E-state index in [-0.39, 0.29) is 12.4 Å². The quantitative estimate of drug-likeness (QED) is 0.708. The van der Waals surface area contributed by atoms with E-state index in [4.69, 9.17) is 4.98 Å². The topological polar surface area (TPSA) is 24.9 Å². The molecule has 3 rings (SSSR count). The highest BCUT2D eigenvalue weighted by Crippen LogP contribution is 2.33. The van der Waals surface area contributed by atoms with Crippen LogP contribution in [0.2, 0.25) is 0 Å². The number of aryl methyl sites for hydroxylation is 1. The minimum Gasteiger partial charge on any atom is -0.384 e. The van der Waals surface area contributed by atoms with Gasteiger partial charge in [0.1, 0.15) is 0 Å². The number of fused-ring (bicyclic) bond motifs is 2. The van der Waals surface area contributed by atoms with E-state index in [2.05, 4.69) is 36.5 Å². The highest BCUT2D eigenvalue weighted by Gasteiger charge is 2.17. The van der Waals surface area contributed by atoms with Crippen molar-refractivity contribution >= 4 is 29.0 Å². The summed E-state index contributed by atoms with van der Waals surface area (Å²) < 4.78 is 0. The molecule has 0 saturated heterocycles. The molecule has 0 amide bonds. The maximum atomic E-state index is 4.89. The zero-order valence-corrected chi connectivity index (χ0v) is 14.3. The molecule has 3 heteroatoms. The lowest BCUT2D eigenvalue weighted by atomic mass is 9.92. The molecule has 1 aliphatic rings. The molecule has 22 heavy (non-hydrogen) atoms. The maximum absolute atomic E-state index is 4.89. The largest absolute Gasteiger partial charge is 0.384 e. The van der Waals surface area contributed by atoms with E-state index in [9.17, 15) is 0 Å². The molecule has 0 fully saturated rings. The van der Waals surface area contributed by atoms with Gasteiger partial charge < -0.3 is 5.32 Å². The van der Waals surface area contributed by atoms with Crippen LogP contribution in [0.15, 0.2) is 24.3 Å². The number of nitrogens with zero attached hydrogens (tertiary/aromatic N) is 1. The molecule has 0 atom stereocenters. The smallest absolute Gasteiger partial charge is 0.0726 e. The molecule has 1 heterocycles.